The van der Waals surface area contributed by atoms with Gasteiger partial charge in [-0.05, 0) is 36.3 Å². The Bertz CT molecular complexity index is 576. The number of hydrogen-bond donors (Lipinski definition) is 0. The number of hydrogen-bond acceptors (Lipinski definition) is 4. The van der Waals surface area contributed by atoms with Crippen molar-refractivity contribution >= 4 is 11.4 Å². The first-order valence-electron chi connectivity index (χ1n) is 7.26. The molecule has 0 saturated carbocycles. The Morgan fingerprint density at radius 3 is 2.43 bits per heavy atom. The Labute approximate surface area is 125 Å². The molecule has 21 heavy (non-hydrogen) atoms. The predicted octanol–water partition coefficient (Wildman–Crippen LogP) is 3.73. The summed E-state index contributed by atoms with van der Waals surface area (Å²) >= 11 is 0. The summed E-state index contributed by atoms with van der Waals surface area (Å²) in [7, 11) is 0. The molecule has 0 unspecified atom stereocenters. The van der Waals surface area contributed by atoms with Crippen molar-refractivity contribution in [2.75, 3.05) is 18.0 Å². The minimum absolute atomic E-state index is 0.120. The molecule has 5 nitrogen and oxygen atoms in total. The van der Waals surface area contributed by atoms with Gasteiger partial charge in [-0.2, -0.15) is 5.26 Å². The zero-order valence-corrected chi connectivity index (χ0v) is 12.8. The average molecular weight is 287 g/mol. The van der Waals surface area contributed by atoms with Crippen LogP contribution < -0.4 is 4.90 Å². The summed E-state index contributed by atoms with van der Waals surface area (Å²) in [5, 5.41) is 19.9. The first-order chi connectivity index (χ1) is 9.82. The third kappa shape index (κ3) is 3.33. The summed E-state index contributed by atoms with van der Waals surface area (Å²) in [4.78, 5) is 12.6. The fraction of sp³-hybridized carbons (Fsp3) is 0.562. The quantitative estimate of drug-likeness (QED) is 0.614. The summed E-state index contributed by atoms with van der Waals surface area (Å²) in [6.07, 6.45) is 2.23. The zero-order valence-electron chi connectivity index (χ0n) is 12.8. The maximum Gasteiger partial charge on any atom is 0.287 e. The molecule has 0 spiro atoms. The number of rotatable bonds is 2. The minimum Gasteiger partial charge on any atom is -0.371 e. The second kappa shape index (κ2) is 5.72. The van der Waals surface area contributed by atoms with Crippen molar-refractivity contribution in [1.82, 2.24) is 0 Å². The Hall–Kier alpha value is -2.09. The van der Waals surface area contributed by atoms with Gasteiger partial charge in [0.05, 0.1) is 4.92 Å². The van der Waals surface area contributed by atoms with Gasteiger partial charge in [0.2, 0.25) is 0 Å². The number of nitriles is 1. The average Bonchev–Trinajstić information content (AvgIpc) is 2.45. The molecule has 1 heterocycles. The van der Waals surface area contributed by atoms with Crippen molar-refractivity contribution in [3.63, 3.8) is 0 Å². The lowest BCUT2D eigenvalue weighted by Crippen LogP contribution is -2.38. The van der Waals surface area contributed by atoms with E-state index in [1.165, 1.54) is 6.07 Å². The van der Waals surface area contributed by atoms with E-state index in [9.17, 15) is 10.1 Å². The van der Waals surface area contributed by atoms with Gasteiger partial charge >= 0.3 is 0 Å². The van der Waals surface area contributed by atoms with E-state index < -0.39 is 4.92 Å². The van der Waals surface area contributed by atoms with E-state index in [4.69, 9.17) is 5.26 Å². The molecule has 1 aliphatic rings. The van der Waals surface area contributed by atoms with E-state index >= 15 is 0 Å². The molecule has 0 aromatic heterocycles. The maximum atomic E-state index is 10.9. The first-order valence-corrected chi connectivity index (χ1v) is 7.26. The van der Waals surface area contributed by atoms with Crippen LogP contribution in [0.5, 0.6) is 0 Å². The Kier molecular flexibility index (Phi) is 4.17. The van der Waals surface area contributed by atoms with Gasteiger partial charge in [0, 0.05) is 24.8 Å². The first kappa shape index (κ1) is 15.3. The van der Waals surface area contributed by atoms with Gasteiger partial charge in [0.15, 0.2) is 0 Å². The van der Waals surface area contributed by atoms with Crippen molar-refractivity contribution in [2.45, 2.75) is 33.6 Å². The topological polar surface area (TPSA) is 70.2 Å². The molecule has 0 aliphatic carbocycles. The molecule has 0 radical (unpaired) electrons. The lowest BCUT2D eigenvalue weighted by molar-refractivity contribution is -0.385. The van der Waals surface area contributed by atoms with E-state index in [2.05, 4.69) is 25.7 Å². The molecule has 1 aliphatic heterocycles. The highest BCUT2D eigenvalue weighted by molar-refractivity contribution is 5.60. The normalized spacial score (nSPS) is 16.6. The minimum atomic E-state index is -0.506. The fourth-order valence-electron chi connectivity index (χ4n) is 2.97. The van der Waals surface area contributed by atoms with Crippen LogP contribution in [-0.2, 0) is 0 Å². The van der Waals surface area contributed by atoms with Crippen LogP contribution in [0.25, 0.3) is 0 Å². The lowest BCUT2D eigenvalue weighted by Gasteiger charge is -2.39. The van der Waals surface area contributed by atoms with Gasteiger partial charge in [-0.15, -0.1) is 0 Å². The largest absolute Gasteiger partial charge is 0.371 e. The van der Waals surface area contributed by atoms with Crippen molar-refractivity contribution in [1.29, 1.82) is 5.26 Å². The molecule has 1 fully saturated rings. The smallest absolute Gasteiger partial charge is 0.287 e. The van der Waals surface area contributed by atoms with Crippen LogP contribution in [0.3, 0.4) is 0 Å². The highest BCUT2D eigenvalue weighted by Gasteiger charge is 2.29. The predicted molar refractivity (Wildman–Crippen MR) is 82.2 cm³/mol. The number of nitro benzene ring substituents is 1. The van der Waals surface area contributed by atoms with E-state index in [0.29, 0.717) is 11.3 Å². The van der Waals surface area contributed by atoms with Crippen molar-refractivity contribution in [2.24, 2.45) is 11.3 Å². The van der Waals surface area contributed by atoms with E-state index in [1.54, 1.807) is 12.1 Å². The molecule has 1 aromatic rings. The van der Waals surface area contributed by atoms with Crippen LogP contribution in [-0.4, -0.2) is 18.0 Å². The molecule has 0 atom stereocenters. The van der Waals surface area contributed by atoms with Crippen LogP contribution in [0.2, 0.25) is 0 Å². The lowest BCUT2D eigenvalue weighted by atomic mass is 9.75. The second-order valence-corrected chi connectivity index (χ2v) is 6.70. The molecular weight excluding hydrogens is 266 g/mol. The van der Waals surface area contributed by atoms with Gasteiger partial charge in [-0.3, -0.25) is 10.1 Å². The summed E-state index contributed by atoms with van der Waals surface area (Å²) in [6, 6.07) is 6.74. The summed E-state index contributed by atoms with van der Waals surface area (Å²) in [6.45, 7) is 8.68. The van der Waals surface area contributed by atoms with Gasteiger partial charge in [-0.25, -0.2) is 0 Å². The Morgan fingerprint density at radius 2 is 1.95 bits per heavy atom. The van der Waals surface area contributed by atoms with Crippen molar-refractivity contribution < 1.29 is 4.92 Å². The van der Waals surface area contributed by atoms with Gasteiger partial charge in [0.1, 0.15) is 11.6 Å². The van der Waals surface area contributed by atoms with Gasteiger partial charge in [0.25, 0.3) is 5.69 Å². The summed E-state index contributed by atoms with van der Waals surface area (Å²) in [5.41, 5.74) is 1.24. The summed E-state index contributed by atoms with van der Waals surface area (Å²) in [5.74, 6) is 0.697. The number of piperidine rings is 1. The van der Waals surface area contributed by atoms with Crippen LogP contribution >= 0.6 is 0 Å². The molecule has 5 heteroatoms. The SMILES string of the molecule is CC(C)(C)C1CCN(c2ccc([N+](=O)[O-])c(C#N)c2)CC1. The van der Waals surface area contributed by atoms with Crippen LogP contribution in [0.1, 0.15) is 39.2 Å². The van der Waals surface area contributed by atoms with Crippen molar-refractivity contribution in [3.05, 3.63) is 33.9 Å². The third-order valence-corrected chi connectivity index (χ3v) is 4.38. The molecule has 2 rings (SSSR count). The fourth-order valence-corrected chi connectivity index (χ4v) is 2.97. The molecule has 1 aromatic carbocycles. The molecule has 1 saturated heterocycles. The van der Waals surface area contributed by atoms with Crippen LogP contribution in [0.4, 0.5) is 11.4 Å². The molecule has 112 valence electrons. The van der Waals surface area contributed by atoms with Crippen LogP contribution in [0.15, 0.2) is 18.2 Å². The number of nitrogens with zero attached hydrogens (tertiary/aromatic N) is 3. The van der Waals surface area contributed by atoms with Gasteiger partial charge in [-0.1, -0.05) is 20.8 Å². The highest BCUT2D eigenvalue weighted by Crippen LogP contribution is 2.36. The van der Waals surface area contributed by atoms with E-state index in [-0.39, 0.29) is 11.3 Å². The molecule has 0 amide bonds. The van der Waals surface area contributed by atoms with E-state index in [1.807, 2.05) is 6.07 Å². The molecule has 0 bridgehead atoms. The summed E-state index contributed by atoms with van der Waals surface area (Å²) < 4.78 is 0. The molecule has 0 N–H and O–H groups in total. The zero-order chi connectivity index (χ0) is 15.6. The highest BCUT2D eigenvalue weighted by atomic mass is 16.6. The Balaban J connectivity index is 2.15. The van der Waals surface area contributed by atoms with Gasteiger partial charge < -0.3 is 4.90 Å². The van der Waals surface area contributed by atoms with E-state index in [0.717, 1.165) is 31.6 Å². The van der Waals surface area contributed by atoms with Crippen LogP contribution in [0, 0.1) is 32.8 Å². The second-order valence-electron chi connectivity index (χ2n) is 6.70. The number of nitro groups is 1. The maximum absolute atomic E-state index is 10.9. The van der Waals surface area contributed by atoms with Crippen molar-refractivity contribution in [3.8, 4) is 6.07 Å². The Morgan fingerprint density at radius 1 is 1.33 bits per heavy atom. The standard InChI is InChI=1S/C16H21N3O2/c1-16(2,3)13-6-8-18(9-7-13)14-4-5-15(19(20)21)12(10-14)11-17/h4-5,10,13H,6-9H2,1-3H3. The number of anilines is 1. The molecular formula is C16H21N3O2. The number of benzene rings is 1. The third-order valence-electron chi connectivity index (χ3n) is 4.38. The monoisotopic (exact) mass is 287 g/mol.